The van der Waals surface area contributed by atoms with Gasteiger partial charge in [0.25, 0.3) is 5.91 Å². The van der Waals surface area contributed by atoms with Crippen molar-refractivity contribution in [2.45, 2.75) is 18.4 Å². The van der Waals surface area contributed by atoms with Crippen LogP contribution >= 0.6 is 11.3 Å². The molecule has 0 spiro atoms. The van der Waals surface area contributed by atoms with E-state index in [2.05, 4.69) is 6.58 Å². The summed E-state index contributed by atoms with van der Waals surface area (Å²) < 4.78 is 5.99. The number of benzene rings is 1. The predicted molar refractivity (Wildman–Crippen MR) is 87.0 cm³/mol. The summed E-state index contributed by atoms with van der Waals surface area (Å²) in [6.45, 7) is 4.27. The molecule has 0 saturated carbocycles. The maximum absolute atomic E-state index is 12.9. The van der Waals surface area contributed by atoms with Gasteiger partial charge >= 0.3 is 5.97 Å². The standard InChI is InChI=1S/C17H17NO3S/c1-3-8-17(16(20)21-2)9-10-18(17)15(19)13-11-22-14-7-5-4-6-12(13)14/h3-7,11H,1,8-10H2,2H3. The first-order chi connectivity index (χ1) is 10.6. The van der Waals surface area contributed by atoms with E-state index in [0.717, 1.165) is 10.1 Å². The van der Waals surface area contributed by atoms with Gasteiger partial charge in [0.2, 0.25) is 0 Å². The van der Waals surface area contributed by atoms with E-state index in [1.807, 2.05) is 29.6 Å². The third kappa shape index (κ3) is 2.04. The Morgan fingerprint density at radius 3 is 2.86 bits per heavy atom. The number of fused-ring (bicyclic) bond motifs is 1. The molecule has 22 heavy (non-hydrogen) atoms. The van der Waals surface area contributed by atoms with Crippen LogP contribution in [0.2, 0.25) is 0 Å². The van der Waals surface area contributed by atoms with Crippen molar-refractivity contribution in [3.63, 3.8) is 0 Å². The number of ether oxygens (including phenoxy) is 1. The van der Waals surface area contributed by atoms with Gasteiger partial charge in [0.15, 0.2) is 0 Å². The van der Waals surface area contributed by atoms with E-state index in [-0.39, 0.29) is 11.9 Å². The lowest BCUT2D eigenvalue weighted by atomic mass is 9.80. The fourth-order valence-corrected chi connectivity index (χ4v) is 3.95. The van der Waals surface area contributed by atoms with Gasteiger partial charge in [0.05, 0.1) is 12.7 Å². The summed E-state index contributed by atoms with van der Waals surface area (Å²) in [6, 6.07) is 7.79. The van der Waals surface area contributed by atoms with Crippen molar-refractivity contribution in [2.75, 3.05) is 13.7 Å². The molecule has 1 saturated heterocycles. The van der Waals surface area contributed by atoms with Crippen LogP contribution in [-0.4, -0.2) is 36.0 Å². The molecule has 1 atom stereocenters. The molecule has 0 bridgehead atoms. The first-order valence-corrected chi connectivity index (χ1v) is 7.99. The lowest BCUT2D eigenvalue weighted by Gasteiger charge is -2.49. The molecule has 3 rings (SSSR count). The number of amides is 1. The molecular weight excluding hydrogens is 298 g/mol. The SMILES string of the molecule is C=CCC1(C(=O)OC)CCN1C(=O)c1csc2ccccc12. The lowest BCUT2D eigenvalue weighted by molar-refractivity contribution is -0.161. The van der Waals surface area contributed by atoms with Gasteiger partial charge in [0, 0.05) is 22.0 Å². The number of rotatable bonds is 4. The molecule has 1 aromatic carbocycles. The number of carbonyl (C=O) groups is 2. The molecule has 2 heterocycles. The average molecular weight is 315 g/mol. The number of esters is 1. The van der Waals surface area contributed by atoms with E-state index in [0.29, 0.717) is 24.9 Å². The van der Waals surface area contributed by atoms with E-state index in [1.165, 1.54) is 18.4 Å². The van der Waals surface area contributed by atoms with Crippen molar-refractivity contribution >= 4 is 33.3 Å². The Bertz CT molecular complexity index is 751. The van der Waals surface area contributed by atoms with Crippen LogP contribution in [0.4, 0.5) is 0 Å². The summed E-state index contributed by atoms with van der Waals surface area (Å²) in [7, 11) is 1.36. The van der Waals surface area contributed by atoms with Crippen molar-refractivity contribution in [1.29, 1.82) is 0 Å². The molecule has 1 unspecified atom stereocenters. The highest BCUT2D eigenvalue weighted by molar-refractivity contribution is 7.17. The molecule has 114 valence electrons. The van der Waals surface area contributed by atoms with Gasteiger partial charge in [-0.3, -0.25) is 4.79 Å². The zero-order valence-electron chi connectivity index (χ0n) is 12.4. The fraction of sp³-hybridized carbons (Fsp3) is 0.294. The Hall–Kier alpha value is -2.14. The molecule has 0 radical (unpaired) electrons. The summed E-state index contributed by atoms with van der Waals surface area (Å²) in [5.41, 5.74) is -0.242. The quantitative estimate of drug-likeness (QED) is 0.643. The molecular formula is C17H17NO3S. The van der Waals surface area contributed by atoms with Crippen LogP contribution in [0.3, 0.4) is 0 Å². The summed E-state index contributed by atoms with van der Waals surface area (Å²) >= 11 is 1.54. The Kier molecular flexibility index (Phi) is 3.74. The van der Waals surface area contributed by atoms with Crippen LogP contribution in [0, 0.1) is 0 Å². The zero-order chi connectivity index (χ0) is 15.7. The Labute approximate surface area is 133 Å². The summed E-state index contributed by atoms with van der Waals surface area (Å²) in [5.74, 6) is -0.484. The topological polar surface area (TPSA) is 46.6 Å². The van der Waals surface area contributed by atoms with Crippen molar-refractivity contribution in [1.82, 2.24) is 4.90 Å². The largest absolute Gasteiger partial charge is 0.467 e. The minimum atomic E-state index is -0.892. The molecule has 1 fully saturated rings. The second kappa shape index (κ2) is 5.57. The normalized spacial score (nSPS) is 20.5. The number of likely N-dealkylation sites (tertiary alicyclic amines) is 1. The van der Waals surface area contributed by atoms with Crippen LogP contribution in [0.25, 0.3) is 10.1 Å². The van der Waals surface area contributed by atoms with Crippen molar-refractivity contribution in [3.05, 3.63) is 47.9 Å². The second-order valence-electron chi connectivity index (χ2n) is 5.37. The molecule has 0 N–H and O–H groups in total. The molecule has 4 nitrogen and oxygen atoms in total. The van der Waals surface area contributed by atoms with Gasteiger partial charge < -0.3 is 9.64 Å². The number of carbonyl (C=O) groups excluding carboxylic acids is 2. The number of hydrogen-bond acceptors (Lipinski definition) is 4. The molecule has 5 heteroatoms. The van der Waals surface area contributed by atoms with Gasteiger partial charge in [-0.25, -0.2) is 4.79 Å². The summed E-state index contributed by atoms with van der Waals surface area (Å²) in [5, 5.41) is 2.79. The number of hydrogen-bond donors (Lipinski definition) is 0. The van der Waals surface area contributed by atoms with Crippen molar-refractivity contribution < 1.29 is 14.3 Å². The van der Waals surface area contributed by atoms with Crippen molar-refractivity contribution in [2.24, 2.45) is 0 Å². The highest BCUT2D eigenvalue weighted by Crippen LogP contribution is 2.38. The van der Waals surface area contributed by atoms with Crippen LogP contribution in [0.15, 0.2) is 42.3 Å². The predicted octanol–water partition coefficient (Wildman–Crippen LogP) is 3.24. The number of nitrogens with zero attached hydrogens (tertiary/aromatic N) is 1. The van der Waals surface area contributed by atoms with Crippen LogP contribution < -0.4 is 0 Å². The van der Waals surface area contributed by atoms with Gasteiger partial charge in [0.1, 0.15) is 5.54 Å². The molecule has 1 aliphatic rings. The summed E-state index contributed by atoms with van der Waals surface area (Å²) in [6.07, 6.45) is 2.69. The van der Waals surface area contributed by atoms with Gasteiger partial charge in [-0.05, 0) is 18.9 Å². The first-order valence-electron chi connectivity index (χ1n) is 7.11. The van der Waals surface area contributed by atoms with E-state index in [1.54, 1.807) is 11.0 Å². The van der Waals surface area contributed by atoms with E-state index >= 15 is 0 Å². The smallest absolute Gasteiger partial charge is 0.332 e. The number of methoxy groups -OCH3 is 1. The van der Waals surface area contributed by atoms with Crippen molar-refractivity contribution in [3.8, 4) is 0 Å². The average Bonchev–Trinajstić information content (AvgIpc) is 2.94. The lowest BCUT2D eigenvalue weighted by Crippen LogP contribution is -2.66. The molecule has 2 aromatic rings. The monoisotopic (exact) mass is 315 g/mol. The minimum Gasteiger partial charge on any atom is -0.467 e. The first kappa shape index (κ1) is 14.8. The van der Waals surface area contributed by atoms with Crippen LogP contribution in [-0.2, 0) is 9.53 Å². The third-order valence-electron chi connectivity index (χ3n) is 4.27. The highest BCUT2D eigenvalue weighted by atomic mass is 32.1. The Morgan fingerprint density at radius 2 is 2.23 bits per heavy atom. The maximum Gasteiger partial charge on any atom is 0.332 e. The third-order valence-corrected chi connectivity index (χ3v) is 5.23. The van der Waals surface area contributed by atoms with Gasteiger partial charge in [-0.15, -0.1) is 17.9 Å². The van der Waals surface area contributed by atoms with E-state index < -0.39 is 5.54 Å². The van der Waals surface area contributed by atoms with Gasteiger partial charge in [-0.2, -0.15) is 0 Å². The molecule has 1 aromatic heterocycles. The van der Waals surface area contributed by atoms with Crippen LogP contribution in [0.5, 0.6) is 0 Å². The zero-order valence-corrected chi connectivity index (χ0v) is 13.2. The van der Waals surface area contributed by atoms with E-state index in [4.69, 9.17) is 4.74 Å². The Balaban J connectivity index is 1.98. The van der Waals surface area contributed by atoms with E-state index in [9.17, 15) is 9.59 Å². The Morgan fingerprint density at radius 1 is 1.45 bits per heavy atom. The minimum absolute atomic E-state index is 0.115. The molecule has 1 aliphatic heterocycles. The number of thiophene rings is 1. The maximum atomic E-state index is 12.9. The summed E-state index contributed by atoms with van der Waals surface area (Å²) in [4.78, 5) is 26.7. The molecule has 0 aliphatic carbocycles. The molecule has 1 amide bonds. The van der Waals surface area contributed by atoms with Gasteiger partial charge in [-0.1, -0.05) is 24.3 Å². The van der Waals surface area contributed by atoms with Crippen LogP contribution in [0.1, 0.15) is 23.2 Å². The fourth-order valence-electron chi connectivity index (χ4n) is 3.01. The second-order valence-corrected chi connectivity index (χ2v) is 6.28. The highest BCUT2D eigenvalue weighted by Gasteiger charge is 2.53.